The molecule has 1 aromatic carbocycles. The van der Waals surface area contributed by atoms with E-state index >= 15 is 0 Å². The normalized spacial score (nSPS) is 13.8. The van der Waals surface area contributed by atoms with E-state index in [1.54, 1.807) is 19.1 Å². The molecule has 0 aromatic heterocycles. The van der Waals surface area contributed by atoms with Crippen LogP contribution in [0.25, 0.3) is 0 Å². The minimum atomic E-state index is -0.469. The van der Waals surface area contributed by atoms with Gasteiger partial charge in [-0.3, -0.25) is 14.9 Å². The van der Waals surface area contributed by atoms with Crippen molar-refractivity contribution in [2.24, 2.45) is 11.7 Å². The first-order chi connectivity index (χ1) is 9.32. The molecule has 1 rings (SSSR count). The molecular weight excluding hydrogens is 258 g/mol. The number of nitro groups is 1. The number of carbonyl (C=O) groups is 1. The molecule has 1 aromatic rings. The highest BCUT2D eigenvalue weighted by Crippen LogP contribution is 2.20. The topological polar surface area (TPSA) is 98.3 Å². The van der Waals surface area contributed by atoms with Gasteiger partial charge in [0, 0.05) is 24.7 Å². The van der Waals surface area contributed by atoms with Gasteiger partial charge in [0.05, 0.1) is 10.8 Å². The summed E-state index contributed by atoms with van der Waals surface area (Å²) in [5.74, 6) is -0.348. The fourth-order valence-electron chi connectivity index (χ4n) is 1.67. The van der Waals surface area contributed by atoms with Crippen LogP contribution >= 0.6 is 0 Å². The molecule has 2 unspecified atom stereocenters. The maximum atomic E-state index is 12.0. The quantitative estimate of drug-likeness (QED) is 0.612. The lowest BCUT2D eigenvalue weighted by Gasteiger charge is -2.18. The van der Waals surface area contributed by atoms with Gasteiger partial charge in [-0.1, -0.05) is 26.0 Å². The van der Waals surface area contributed by atoms with Crippen molar-refractivity contribution in [2.75, 3.05) is 6.54 Å². The molecule has 6 nitrogen and oxygen atoms in total. The molecule has 0 saturated carbocycles. The van der Waals surface area contributed by atoms with Gasteiger partial charge in [-0.05, 0) is 18.4 Å². The van der Waals surface area contributed by atoms with Crippen molar-refractivity contribution in [3.63, 3.8) is 0 Å². The lowest BCUT2D eigenvalue weighted by Crippen LogP contribution is -2.41. The standard InChI is InChI=1S/C14H21N3O3/c1-9(2)13(15)8-16-14(18)10(3)11-5-4-6-12(7-11)17(19)20/h4-7,9-10,13H,8,15H2,1-3H3,(H,16,18). The summed E-state index contributed by atoms with van der Waals surface area (Å²) in [4.78, 5) is 22.3. The molecule has 0 radical (unpaired) electrons. The number of benzene rings is 1. The van der Waals surface area contributed by atoms with Crippen molar-refractivity contribution in [3.05, 3.63) is 39.9 Å². The highest BCUT2D eigenvalue weighted by Gasteiger charge is 2.18. The lowest BCUT2D eigenvalue weighted by atomic mass is 9.99. The second-order valence-electron chi connectivity index (χ2n) is 5.23. The summed E-state index contributed by atoms with van der Waals surface area (Å²) in [6.07, 6.45) is 0. The summed E-state index contributed by atoms with van der Waals surface area (Å²) in [6.45, 7) is 6.09. The third-order valence-corrected chi connectivity index (χ3v) is 3.34. The smallest absolute Gasteiger partial charge is 0.269 e. The van der Waals surface area contributed by atoms with E-state index in [1.165, 1.54) is 12.1 Å². The lowest BCUT2D eigenvalue weighted by molar-refractivity contribution is -0.384. The van der Waals surface area contributed by atoms with Crippen LogP contribution in [0.5, 0.6) is 0 Å². The van der Waals surface area contributed by atoms with Gasteiger partial charge in [-0.25, -0.2) is 0 Å². The summed E-state index contributed by atoms with van der Waals surface area (Å²) >= 11 is 0. The average Bonchev–Trinajstić information content (AvgIpc) is 2.43. The fraction of sp³-hybridized carbons (Fsp3) is 0.500. The van der Waals surface area contributed by atoms with Gasteiger partial charge in [0.15, 0.2) is 0 Å². The Morgan fingerprint density at radius 1 is 1.40 bits per heavy atom. The molecule has 1 amide bonds. The predicted molar refractivity (Wildman–Crippen MR) is 77.3 cm³/mol. The molecule has 0 heterocycles. The monoisotopic (exact) mass is 279 g/mol. The number of hydrogen-bond donors (Lipinski definition) is 2. The molecule has 6 heteroatoms. The van der Waals surface area contributed by atoms with Crippen molar-refractivity contribution < 1.29 is 9.72 Å². The Morgan fingerprint density at radius 2 is 2.05 bits per heavy atom. The summed E-state index contributed by atoms with van der Waals surface area (Å²) in [5.41, 5.74) is 6.47. The third-order valence-electron chi connectivity index (χ3n) is 3.34. The zero-order valence-electron chi connectivity index (χ0n) is 12.0. The van der Waals surface area contributed by atoms with Crippen LogP contribution in [0.15, 0.2) is 24.3 Å². The van der Waals surface area contributed by atoms with Crippen LogP contribution in [0.2, 0.25) is 0 Å². The van der Waals surface area contributed by atoms with Gasteiger partial charge < -0.3 is 11.1 Å². The molecule has 2 atom stereocenters. The van der Waals surface area contributed by atoms with Crippen LogP contribution in [0, 0.1) is 16.0 Å². The van der Waals surface area contributed by atoms with Gasteiger partial charge in [0.2, 0.25) is 5.91 Å². The van der Waals surface area contributed by atoms with Gasteiger partial charge in [-0.2, -0.15) is 0 Å². The van der Waals surface area contributed by atoms with Crippen molar-refractivity contribution in [2.45, 2.75) is 32.7 Å². The highest BCUT2D eigenvalue weighted by molar-refractivity contribution is 5.83. The number of rotatable bonds is 6. The first-order valence-corrected chi connectivity index (χ1v) is 6.60. The van der Waals surface area contributed by atoms with Crippen molar-refractivity contribution in [3.8, 4) is 0 Å². The Morgan fingerprint density at radius 3 is 2.60 bits per heavy atom. The Bertz CT molecular complexity index is 488. The molecule has 0 aliphatic carbocycles. The maximum Gasteiger partial charge on any atom is 0.269 e. The number of nitrogens with two attached hydrogens (primary N) is 1. The third kappa shape index (κ3) is 4.31. The van der Waals surface area contributed by atoms with E-state index < -0.39 is 10.8 Å². The van der Waals surface area contributed by atoms with Crippen LogP contribution in [-0.2, 0) is 4.79 Å². The van der Waals surface area contributed by atoms with Crippen LogP contribution in [-0.4, -0.2) is 23.4 Å². The van der Waals surface area contributed by atoms with Crippen LogP contribution in [0.4, 0.5) is 5.69 Å². The van der Waals surface area contributed by atoms with Crippen LogP contribution in [0.1, 0.15) is 32.3 Å². The Hall–Kier alpha value is -1.95. The van der Waals surface area contributed by atoms with E-state index in [9.17, 15) is 14.9 Å². The minimum Gasteiger partial charge on any atom is -0.354 e. The number of nitrogens with one attached hydrogen (secondary N) is 1. The molecule has 110 valence electrons. The summed E-state index contributed by atoms with van der Waals surface area (Å²) < 4.78 is 0. The van der Waals surface area contributed by atoms with Gasteiger partial charge in [0.25, 0.3) is 5.69 Å². The SMILES string of the molecule is CC(C(=O)NCC(N)C(C)C)c1cccc([N+](=O)[O-])c1. The zero-order valence-corrected chi connectivity index (χ0v) is 12.0. The van der Waals surface area contributed by atoms with Crippen LogP contribution < -0.4 is 11.1 Å². The van der Waals surface area contributed by atoms with E-state index in [-0.39, 0.29) is 23.6 Å². The van der Waals surface area contributed by atoms with E-state index in [0.717, 1.165) is 0 Å². The molecule has 0 saturated heterocycles. The summed E-state index contributed by atoms with van der Waals surface area (Å²) in [6, 6.07) is 6.02. The van der Waals surface area contributed by atoms with Gasteiger partial charge >= 0.3 is 0 Å². The summed E-state index contributed by atoms with van der Waals surface area (Å²) in [5, 5.41) is 13.5. The number of non-ortho nitro benzene ring substituents is 1. The number of nitro benzene ring substituents is 1. The number of nitrogens with zero attached hydrogens (tertiary/aromatic N) is 1. The highest BCUT2D eigenvalue weighted by atomic mass is 16.6. The van der Waals surface area contributed by atoms with E-state index in [0.29, 0.717) is 12.1 Å². The Labute approximate surface area is 118 Å². The molecule has 0 bridgehead atoms. The van der Waals surface area contributed by atoms with Crippen LogP contribution in [0.3, 0.4) is 0 Å². The number of hydrogen-bond acceptors (Lipinski definition) is 4. The molecule has 3 N–H and O–H groups in total. The van der Waals surface area contributed by atoms with Crippen molar-refractivity contribution >= 4 is 11.6 Å². The minimum absolute atomic E-state index is 0.0129. The van der Waals surface area contributed by atoms with E-state index in [2.05, 4.69) is 5.32 Å². The van der Waals surface area contributed by atoms with Crippen molar-refractivity contribution in [1.82, 2.24) is 5.32 Å². The Balaban J connectivity index is 2.69. The Kier molecular flexibility index (Phi) is 5.64. The zero-order chi connectivity index (χ0) is 15.3. The second-order valence-corrected chi connectivity index (χ2v) is 5.23. The molecule has 0 aliphatic rings. The summed E-state index contributed by atoms with van der Waals surface area (Å²) in [7, 11) is 0. The van der Waals surface area contributed by atoms with Gasteiger partial charge in [0.1, 0.15) is 0 Å². The molecular formula is C14H21N3O3. The fourth-order valence-corrected chi connectivity index (χ4v) is 1.67. The van der Waals surface area contributed by atoms with Gasteiger partial charge in [-0.15, -0.1) is 0 Å². The van der Waals surface area contributed by atoms with Crippen molar-refractivity contribution in [1.29, 1.82) is 0 Å². The predicted octanol–water partition coefficient (Wildman–Crippen LogP) is 1.80. The molecule has 0 fully saturated rings. The number of amides is 1. The number of carbonyl (C=O) groups excluding carboxylic acids is 1. The molecule has 0 spiro atoms. The first kappa shape index (κ1) is 16.1. The molecule has 0 aliphatic heterocycles. The first-order valence-electron chi connectivity index (χ1n) is 6.60. The average molecular weight is 279 g/mol. The maximum absolute atomic E-state index is 12.0. The van der Waals surface area contributed by atoms with E-state index in [4.69, 9.17) is 5.73 Å². The largest absolute Gasteiger partial charge is 0.354 e. The van der Waals surface area contributed by atoms with E-state index in [1.807, 2.05) is 13.8 Å². The second kappa shape index (κ2) is 7.00. The molecule has 20 heavy (non-hydrogen) atoms.